The van der Waals surface area contributed by atoms with Crippen LogP contribution >= 0.6 is 11.8 Å². The number of hydrogen-bond acceptors (Lipinski definition) is 6. The van der Waals surface area contributed by atoms with Crippen LogP contribution in [0.4, 0.5) is 4.79 Å². The van der Waals surface area contributed by atoms with Gasteiger partial charge < -0.3 is 15.4 Å². The molecule has 128 valence electrons. The maximum absolute atomic E-state index is 11.8. The molecular weight excluding hydrogens is 334 g/mol. The normalized spacial score (nSPS) is 13.8. The molecule has 4 amide bonds. The zero-order chi connectivity index (χ0) is 17.5. The molecule has 0 radical (unpaired) electrons. The summed E-state index contributed by atoms with van der Waals surface area (Å²) in [6.07, 6.45) is 0. The first-order valence-electron chi connectivity index (χ1n) is 7.18. The molecule has 1 heterocycles. The van der Waals surface area contributed by atoms with Crippen molar-refractivity contribution in [2.45, 2.75) is 6.54 Å². The van der Waals surface area contributed by atoms with Gasteiger partial charge in [-0.25, -0.2) is 0 Å². The summed E-state index contributed by atoms with van der Waals surface area (Å²) in [4.78, 5) is 47.3. The molecule has 24 heavy (non-hydrogen) atoms. The third-order valence-corrected chi connectivity index (χ3v) is 4.16. The van der Waals surface area contributed by atoms with Gasteiger partial charge in [0.2, 0.25) is 5.91 Å². The first-order valence-corrected chi connectivity index (χ1v) is 8.16. The predicted octanol–water partition coefficient (Wildman–Crippen LogP) is 0.123. The Labute approximate surface area is 142 Å². The summed E-state index contributed by atoms with van der Waals surface area (Å²) in [6, 6.07) is 7.13. The van der Waals surface area contributed by atoms with Crippen LogP contribution in [-0.4, -0.2) is 53.8 Å². The van der Waals surface area contributed by atoms with Crippen LogP contribution in [0.5, 0.6) is 5.75 Å². The average molecular weight is 351 g/mol. The number of methoxy groups -OCH3 is 1. The van der Waals surface area contributed by atoms with E-state index in [1.807, 2.05) is 0 Å². The van der Waals surface area contributed by atoms with Gasteiger partial charge in [0.25, 0.3) is 5.24 Å². The van der Waals surface area contributed by atoms with Gasteiger partial charge in [0.05, 0.1) is 12.9 Å². The zero-order valence-corrected chi connectivity index (χ0v) is 13.9. The summed E-state index contributed by atoms with van der Waals surface area (Å²) in [5.41, 5.74) is 0.742. The van der Waals surface area contributed by atoms with E-state index in [1.165, 1.54) is 7.11 Å². The van der Waals surface area contributed by atoms with Crippen LogP contribution in [0, 0.1) is 0 Å². The van der Waals surface area contributed by atoms with Crippen LogP contribution in [0.3, 0.4) is 0 Å². The molecule has 0 atom stereocenters. The summed E-state index contributed by atoms with van der Waals surface area (Å²) in [7, 11) is 1.52. The number of amides is 4. The second kappa shape index (κ2) is 8.34. The summed E-state index contributed by atoms with van der Waals surface area (Å²) in [5.74, 6) is -1.18. The maximum Gasteiger partial charge on any atom is 0.309 e. The molecule has 2 rings (SSSR count). The Balaban J connectivity index is 1.75. The van der Waals surface area contributed by atoms with Crippen LogP contribution in [0.1, 0.15) is 5.56 Å². The molecule has 1 fully saturated rings. The van der Waals surface area contributed by atoms with Gasteiger partial charge in [0.1, 0.15) is 5.75 Å². The Morgan fingerprint density at radius 2 is 1.92 bits per heavy atom. The van der Waals surface area contributed by atoms with Crippen molar-refractivity contribution >= 4 is 34.7 Å². The minimum atomic E-state index is -0.823. The zero-order valence-electron chi connectivity index (χ0n) is 13.0. The number of carbonyl (C=O) groups is 4. The second-order valence-corrected chi connectivity index (χ2v) is 5.78. The minimum Gasteiger partial charge on any atom is -0.496 e. The topological polar surface area (TPSA) is 105 Å². The van der Waals surface area contributed by atoms with Crippen molar-refractivity contribution < 1.29 is 23.9 Å². The standard InChI is InChI=1S/C15H17N3O5S/c1-23-11-5-3-2-4-10(11)8-17-14(21)13(20)16-6-7-18-12(19)9-24-15(18)22/h2-5H,6-9H2,1H3,(H,16,20)(H,17,21). The summed E-state index contributed by atoms with van der Waals surface area (Å²) in [6.45, 7) is 0.227. The van der Waals surface area contributed by atoms with Crippen molar-refractivity contribution in [1.82, 2.24) is 15.5 Å². The number of rotatable bonds is 6. The number of thioether (sulfide) groups is 1. The van der Waals surface area contributed by atoms with Crippen LogP contribution in [0.15, 0.2) is 24.3 Å². The van der Waals surface area contributed by atoms with E-state index in [4.69, 9.17) is 4.74 Å². The van der Waals surface area contributed by atoms with Crippen molar-refractivity contribution in [3.63, 3.8) is 0 Å². The lowest BCUT2D eigenvalue weighted by Crippen LogP contribution is -2.43. The van der Waals surface area contributed by atoms with Gasteiger partial charge in [0.15, 0.2) is 0 Å². The van der Waals surface area contributed by atoms with Crippen LogP contribution in [-0.2, 0) is 20.9 Å². The van der Waals surface area contributed by atoms with E-state index in [9.17, 15) is 19.2 Å². The molecule has 0 aliphatic carbocycles. The smallest absolute Gasteiger partial charge is 0.309 e. The fourth-order valence-corrected chi connectivity index (χ4v) is 2.82. The van der Waals surface area contributed by atoms with Crippen LogP contribution < -0.4 is 15.4 Å². The summed E-state index contributed by atoms with van der Waals surface area (Å²) < 4.78 is 5.16. The van der Waals surface area contributed by atoms with Gasteiger partial charge in [-0.3, -0.25) is 24.1 Å². The third-order valence-electron chi connectivity index (χ3n) is 3.30. The number of hydrogen-bond donors (Lipinski definition) is 2. The Kier molecular flexibility index (Phi) is 6.19. The van der Waals surface area contributed by atoms with Gasteiger partial charge in [-0.1, -0.05) is 30.0 Å². The maximum atomic E-state index is 11.8. The molecule has 1 aliphatic heterocycles. The van der Waals surface area contributed by atoms with E-state index in [2.05, 4.69) is 10.6 Å². The van der Waals surface area contributed by atoms with Gasteiger partial charge in [-0.05, 0) is 6.07 Å². The molecule has 0 bridgehead atoms. The Morgan fingerprint density at radius 1 is 1.21 bits per heavy atom. The Hall–Kier alpha value is -2.55. The highest BCUT2D eigenvalue weighted by Crippen LogP contribution is 2.18. The Morgan fingerprint density at radius 3 is 2.58 bits per heavy atom. The number of imide groups is 1. The second-order valence-electron chi connectivity index (χ2n) is 4.85. The average Bonchev–Trinajstić information content (AvgIpc) is 2.91. The van der Waals surface area contributed by atoms with Gasteiger partial charge in [-0.15, -0.1) is 0 Å². The first-order chi connectivity index (χ1) is 11.5. The van der Waals surface area contributed by atoms with Crippen molar-refractivity contribution in [1.29, 1.82) is 0 Å². The highest BCUT2D eigenvalue weighted by Gasteiger charge is 2.29. The molecule has 0 unspecified atom stereocenters. The lowest BCUT2D eigenvalue weighted by Gasteiger charge is -2.13. The van der Waals surface area contributed by atoms with Crippen molar-refractivity contribution in [3.8, 4) is 5.75 Å². The number of para-hydroxylation sites is 1. The molecule has 0 saturated carbocycles. The molecule has 1 aromatic carbocycles. The van der Waals surface area contributed by atoms with E-state index in [1.54, 1.807) is 24.3 Å². The molecule has 8 nitrogen and oxygen atoms in total. The fraction of sp³-hybridized carbons (Fsp3) is 0.333. The number of carbonyl (C=O) groups excluding carboxylic acids is 4. The summed E-state index contributed by atoms with van der Waals surface area (Å²) in [5, 5.41) is 4.53. The lowest BCUT2D eigenvalue weighted by atomic mass is 10.2. The lowest BCUT2D eigenvalue weighted by molar-refractivity contribution is -0.139. The summed E-state index contributed by atoms with van der Waals surface area (Å²) >= 11 is 0.921. The van der Waals surface area contributed by atoms with Crippen LogP contribution in [0.2, 0.25) is 0 Å². The van der Waals surface area contributed by atoms with Gasteiger partial charge in [-0.2, -0.15) is 0 Å². The number of ether oxygens (including phenoxy) is 1. The highest BCUT2D eigenvalue weighted by atomic mass is 32.2. The van der Waals surface area contributed by atoms with E-state index in [0.717, 1.165) is 22.2 Å². The minimum absolute atomic E-state index is 0.0267. The quantitative estimate of drug-likeness (QED) is 0.706. The monoisotopic (exact) mass is 351 g/mol. The van der Waals surface area contributed by atoms with E-state index < -0.39 is 11.8 Å². The highest BCUT2D eigenvalue weighted by molar-refractivity contribution is 8.14. The molecule has 9 heteroatoms. The molecular formula is C15H17N3O5S. The largest absolute Gasteiger partial charge is 0.496 e. The van der Waals surface area contributed by atoms with Gasteiger partial charge in [0, 0.05) is 25.2 Å². The molecule has 1 aromatic rings. The molecule has 0 spiro atoms. The van der Waals surface area contributed by atoms with Crippen LogP contribution in [0.25, 0.3) is 0 Å². The Bertz CT molecular complexity index is 648. The molecule has 1 saturated heterocycles. The number of nitrogens with one attached hydrogen (secondary N) is 2. The number of nitrogens with zero attached hydrogens (tertiary/aromatic N) is 1. The fourth-order valence-electron chi connectivity index (χ4n) is 2.06. The third kappa shape index (κ3) is 4.48. The molecule has 0 aromatic heterocycles. The predicted molar refractivity (Wildman–Crippen MR) is 87.4 cm³/mol. The van der Waals surface area contributed by atoms with E-state index in [0.29, 0.717) is 5.75 Å². The molecule has 1 aliphatic rings. The van der Waals surface area contributed by atoms with Crippen molar-refractivity contribution in [2.75, 3.05) is 26.0 Å². The van der Waals surface area contributed by atoms with Gasteiger partial charge >= 0.3 is 11.8 Å². The SMILES string of the molecule is COc1ccccc1CNC(=O)C(=O)NCCN1C(=O)CSC1=O. The molecule has 2 N–H and O–H groups in total. The van der Waals surface area contributed by atoms with Crippen molar-refractivity contribution in [2.24, 2.45) is 0 Å². The number of benzene rings is 1. The van der Waals surface area contributed by atoms with E-state index >= 15 is 0 Å². The first kappa shape index (κ1) is 17.8. The van der Waals surface area contributed by atoms with Crippen molar-refractivity contribution in [3.05, 3.63) is 29.8 Å². The van der Waals surface area contributed by atoms with E-state index in [-0.39, 0.29) is 36.5 Å².